The summed E-state index contributed by atoms with van der Waals surface area (Å²) in [7, 11) is 0. The lowest BCUT2D eigenvalue weighted by atomic mass is 10.0. The van der Waals surface area contributed by atoms with Gasteiger partial charge in [-0.3, -0.25) is 4.79 Å². The number of carbonyl (C=O) groups excluding carboxylic acids is 1. The van der Waals surface area contributed by atoms with Crippen molar-refractivity contribution in [2.24, 2.45) is 5.92 Å². The predicted octanol–water partition coefficient (Wildman–Crippen LogP) is 2.09. The third-order valence-electron chi connectivity index (χ3n) is 2.77. The van der Waals surface area contributed by atoms with Crippen LogP contribution in [0.5, 0.6) is 0 Å². The fourth-order valence-electron chi connectivity index (χ4n) is 1.69. The Morgan fingerprint density at radius 3 is 2.79 bits per heavy atom. The van der Waals surface area contributed by atoms with Crippen molar-refractivity contribution in [2.75, 3.05) is 13.1 Å². The Balaban J connectivity index is 2.17. The number of amides is 2. The van der Waals surface area contributed by atoms with E-state index in [-0.39, 0.29) is 12.6 Å². The van der Waals surface area contributed by atoms with Crippen LogP contribution < -0.4 is 10.6 Å². The highest BCUT2D eigenvalue weighted by Gasteiger charge is 2.16. The summed E-state index contributed by atoms with van der Waals surface area (Å²) in [6.45, 7) is 2.65. The maximum atomic E-state index is 11.5. The third-order valence-corrected chi connectivity index (χ3v) is 3.51. The average Bonchev–Trinajstić information content (AvgIpc) is 2.87. The summed E-state index contributed by atoms with van der Waals surface area (Å²) < 4.78 is 0. The van der Waals surface area contributed by atoms with E-state index in [9.17, 15) is 9.59 Å². The van der Waals surface area contributed by atoms with Crippen LogP contribution in [0.25, 0.3) is 0 Å². The zero-order valence-corrected chi connectivity index (χ0v) is 11.8. The number of carboxylic acid groups (broad SMARTS) is 1. The van der Waals surface area contributed by atoms with Gasteiger partial charge in [-0.05, 0) is 35.2 Å². The van der Waals surface area contributed by atoms with E-state index in [1.165, 1.54) is 5.56 Å². The molecule has 6 heteroatoms. The van der Waals surface area contributed by atoms with Crippen molar-refractivity contribution >= 4 is 23.3 Å². The standard InChI is InChI=1S/C13H20N2O3S/c1-2-3-11(12(16)17)8-15-13(18)14-6-4-10-5-7-19-9-10/h5,7,9,11H,2-4,6,8H2,1H3,(H,16,17)(H2,14,15,18). The van der Waals surface area contributed by atoms with Crippen molar-refractivity contribution < 1.29 is 14.7 Å². The zero-order valence-electron chi connectivity index (χ0n) is 11.0. The molecule has 5 nitrogen and oxygen atoms in total. The molecule has 106 valence electrons. The lowest BCUT2D eigenvalue weighted by Gasteiger charge is -2.12. The number of nitrogens with one attached hydrogen (secondary N) is 2. The first kappa shape index (κ1) is 15.5. The minimum absolute atomic E-state index is 0.174. The molecule has 1 aromatic heterocycles. The minimum Gasteiger partial charge on any atom is -0.481 e. The van der Waals surface area contributed by atoms with E-state index in [0.29, 0.717) is 13.0 Å². The van der Waals surface area contributed by atoms with Crippen LogP contribution in [0.15, 0.2) is 16.8 Å². The van der Waals surface area contributed by atoms with Crippen molar-refractivity contribution in [3.63, 3.8) is 0 Å². The lowest BCUT2D eigenvalue weighted by molar-refractivity contribution is -0.141. The topological polar surface area (TPSA) is 78.4 Å². The van der Waals surface area contributed by atoms with Crippen molar-refractivity contribution in [2.45, 2.75) is 26.2 Å². The van der Waals surface area contributed by atoms with Gasteiger partial charge in [0.15, 0.2) is 0 Å². The Bertz CT molecular complexity index is 393. The second-order valence-corrected chi connectivity index (χ2v) is 5.12. The fraction of sp³-hybridized carbons (Fsp3) is 0.538. The van der Waals surface area contributed by atoms with Gasteiger partial charge in [-0.25, -0.2) is 4.79 Å². The molecule has 1 rings (SSSR count). The number of carbonyl (C=O) groups is 2. The summed E-state index contributed by atoms with van der Waals surface area (Å²) in [5.41, 5.74) is 1.19. The molecule has 0 fully saturated rings. The summed E-state index contributed by atoms with van der Waals surface area (Å²) in [5.74, 6) is -1.37. The predicted molar refractivity (Wildman–Crippen MR) is 75.5 cm³/mol. The number of thiophene rings is 1. The van der Waals surface area contributed by atoms with Gasteiger partial charge in [0.2, 0.25) is 0 Å². The molecule has 0 aliphatic heterocycles. The quantitative estimate of drug-likeness (QED) is 0.684. The number of urea groups is 1. The summed E-state index contributed by atoms with van der Waals surface area (Å²) in [4.78, 5) is 22.4. The van der Waals surface area contributed by atoms with Gasteiger partial charge < -0.3 is 15.7 Å². The first-order valence-electron chi connectivity index (χ1n) is 6.39. The van der Waals surface area contributed by atoms with Crippen LogP contribution in [-0.4, -0.2) is 30.2 Å². The molecular formula is C13H20N2O3S. The molecular weight excluding hydrogens is 264 g/mol. The van der Waals surface area contributed by atoms with Crippen LogP contribution in [0.2, 0.25) is 0 Å². The fourth-order valence-corrected chi connectivity index (χ4v) is 2.40. The van der Waals surface area contributed by atoms with E-state index in [4.69, 9.17) is 5.11 Å². The van der Waals surface area contributed by atoms with Crippen molar-refractivity contribution in [1.29, 1.82) is 0 Å². The van der Waals surface area contributed by atoms with Gasteiger partial charge in [0.1, 0.15) is 0 Å². The van der Waals surface area contributed by atoms with Gasteiger partial charge in [0, 0.05) is 13.1 Å². The van der Waals surface area contributed by atoms with Gasteiger partial charge in [-0.1, -0.05) is 13.3 Å². The van der Waals surface area contributed by atoms with E-state index in [1.807, 2.05) is 23.8 Å². The number of carboxylic acids is 1. The first-order valence-corrected chi connectivity index (χ1v) is 7.33. The Hall–Kier alpha value is -1.56. The molecule has 1 aromatic rings. The van der Waals surface area contributed by atoms with Crippen LogP contribution in [-0.2, 0) is 11.2 Å². The van der Waals surface area contributed by atoms with Crippen LogP contribution in [0.1, 0.15) is 25.3 Å². The summed E-state index contributed by atoms with van der Waals surface area (Å²) in [5, 5.41) is 18.3. The Morgan fingerprint density at radius 1 is 1.42 bits per heavy atom. The second-order valence-electron chi connectivity index (χ2n) is 4.34. The van der Waals surface area contributed by atoms with E-state index >= 15 is 0 Å². The van der Waals surface area contributed by atoms with Gasteiger partial charge in [-0.15, -0.1) is 0 Å². The molecule has 2 amide bonds. The first-order chi connectivity index (χ1) is 9.13. The highest BCUT2D eigenvalue weighted by atomic mass is 32.1. The molecule has 0 spiro atoms. The molecule has 0 radical (unpaired) electrons. The molecule has 1 heterocycles. The molecule has 3 N–H and O–H groups in total. The summed E-state index contributed by atoms with van der Waals surface area (Å²) in [6, 6.07) is 1.71. The Morgan fingerprint density at radius 2 is 2.21 bits per heavy atom. The highest BCUT2D eigenvalue weighted by Crippen LogP contribution is 2.06. The van der Waals surface area contributed by atoms with Crippen LogP contribution in [0.3, 0.4) is 0 Å². The van der Waals surface area contributed by atoms with Crippen molar-refractivity contribution in [3.8, 4) is 0 Å². The molecule has 1 atom stereocenters. The largest absolute Gasteiger partial charge is 0.481 e. The molecule has 19 heavy (non-hydrogen) atoms. The van der Waals surface area contributed by atoms with Gasteiger partial charge in [-0.2, -0.15) is 11.3 Å². The molecule has 0 bridgehead atoms. The van der Waals surface area contributed by atoms with Crippen molar-refractivity contribution in [1.82, 2.24) is 10.6 Å². The van der Waals surface area contributed by atoms with Gasteiger partial charge in [0.25, 0.3) is 0 Å². The van der Waals surface area contributed by atoms with Crippen LogP contribution >= 0.6 is 11.3 Å². The summed E-state index contributed by atoms with van der Waals surface area (Å²) in [6.07, 6.45) is 2.15. The van der Waals surface area contributed by atoms with E-state index in [1.54, 1.807) is 11.3 Å². The number of rotatable bonds is 8. The normalized spacial score (nSPS) is 11.8. The number of aliphatic carboxylic acids is 1. The van der Waals surface area contributed by atoms with E-state index < -0.39 is 11.9 Å². The van der Waals surface area contributed by atoms with Gasteiger partial charge >= 0.3 is 12.0 Å². The monoisotopic (exact) mass is 284 g/mol. The highest BCUT2D eigenvalue weighted by molar-refractivity contribution is 7.07. The maximum absolute atomic E-state index is 11.5. The van der Waals surface area contributed by atoms with Gasteiger partial charge in [0.05, 0.1) is 5.92 Å². The smallest absolute Gasteiger partial charge is 0.314 e. The molecule has 0 saturated carbocycles. The number of hydrogen-bond acceptors (Lipinski definition) is 3. The second kappa shape index (κ2) is 8.53. The average molecular weight is 284 g/mol. The number of hydrogen-bond donors (Lipinski definition) is 3. The molecule has 1 unspecified atom stereocenters. The third kappa shape index (κ3) is 6.24. The summed E-state index contributed by atoms with van der Waals surface area (Å²) >= 11 is 1.63. The maximum Gasteiger partial charge on any atom is 0.314 e. The Kier molecular flexibility index (Phi) is 6.95. The van der Waals surface area contributed by atoms with E-state index in [0.717, 1.165) is 12.8 Å². The molecule has 0 aliphatic rings. The lowest BCUT2D eigenvalue weighted by Crippen LogP contribution is -2.40. The Labute approximate surface area is 117 Å². The van der Waals surface area contributed by atoms with E-state index in [2.05, 4.69) is 10.6 Å². The molecule has 0 saturated heterocycles. The minimum atomic E-state index is -0.861. The molecule has 0 aliphatic carbocycles. The van der Waals surface area contributed by atoms with Crippen molar-refractivity contribution in [3.05, 3.63) is 22.4 Å². The van der Waals surface area contributed by atoms with Crippen LogP contribution in [0, 0.1) is 5.92 Å². The SMILES string of the molecule is CCCC(CNC(=O)NCCc1ccsc1)C(=O)O. The zero-order chi connectivity index (χ0) is 14.1. The molecule has 0 aromatic carbocycles. The van der Waals surface area contributed by atoms with Crippen LogP contribution in [0.4, 0.5) is 4.79 Å².